The lowest BCUT2D eigenvalue weighted by Gasteiger charge is -2.17. The number of nitrogens with zero attached hydrogens (tertiary/aromatic N) is 4. The number of halogens is 1. The van der Waals surface area contributed by atoms with Crippen LogP contribution in [-0.2, 0) is 20.6 Å². The van der Waals surface area contributed by atoms with Gasteiger partial charge in [0.25, 0.3) is 5.56 Å². The standard InChI is InChI=1S/C12H19N5O2.ClH/c1-5-17(6-2)7-8-13-10-9(15(8)3)11(18)14-12(19)16(10)4;/h5-7H2,1-4H3,(H,14,18,19);1H. The van der Waals surface area contributed by atoms with Crippen LogP contribution in [0.2, 0.25) is 0 Å². The van der Waals surface area contributed by atoms with Gasteiger partial charge in [-0.1, -0.05) is 13.8 Å². The number of hydrogen-bond donors (Lipinski definition) is 1. The highest BCUT2D eigenvalue weighted by atomic mass is 35.5. The molecular weight excluding hydrogens is 282 g/mol. The first-order chi connectivity index (χ1) is 8.99. The number of aromatic nitrogens is 4. The Balaban J connectivity index is 0.00000200. The molecule has 112 valence electrons. The average Bonchev–Trinajstić information content (AvgIpc) is 2.71. The minimum Gasteiger partial charge on any atom is -0.324 e. The summed E-state index contributed by atoms with van der Waals surface area (Å²) in [7, 11) is 3.41. The second-order valence-corrected chi connectivity index (χ2v) is 4.54. The SMILES string of the molecule is CCN(CC)Cc1nc2c(c(=O)[nH]c(=O)n2C)n1C.Cl. The van der Waals surface area contributed by atoms with Gasteiger partial charge in [0.15, 0.2) is 11.2 Å². The van der Waals surface area contributed by atoms with E-state index in [1.165, 1.54) is 4.57 Å². The number of hydrogen-bond acceptors (Lipinski definition) is 4. The quantitative estimate of drug-likeness (QED) is 0.877. The molecule has 0 aliphatic rings. The summed E-state index contributed by atoms with van der Waals surface area (Å²) in [5.41, 5.74) is 0.0338. The van der Waals surface area contributed by atoms with Crippen molar-refractivity contribution >= 4 is 23.6 Å². The van der Waals surface area contributed by atoms with E-state index in [1.54, 1.807) is 18.7 Å². The lowest BCUT2D eigenvalue weighted by molar-refractivity contribution is 0.285. The van der Waals surface area contributed by atoms with Gasteiger partial charge in [0, 0.05) is 14.1 Å². The Morgan fingerprint density at radius 3 is 2.30 bits per heavy atom. The summed E-state index contributed by atoms with van der Waals surface area (Å²) < 4.78 is 3.12. The summed E-state index contributed by atoms with van der Waals surface area (Å²) in [4.78, 5) is 32.4. The zero-order chi connectivity index (χ0) is 14.2. The fourth-order valence-electron chi connectivity index (χ4n) is 2.14. The van der Waals surface area contributed by atoms with Crippen LogP contribution in [-0.4, -0.2) is 37.1 Å². The van der Waals surface area contributed by atoms with E-state index in [4.69, 9.17) is 0 Å². The molecule has 0 saturated heterocycles. The van der Waals surface area contributed by atoms with E-state index in [9.17, 15) is 9.59 Å². The maximum absolute atomic E-state index is 11.9. The van der Waals surface area contributed by atoms with Gasteiger partial charge >= 0.3 is 5.69 Å². The van der Waals surface area contributed by atoms with E-state index in [0.717, 1.165) is 18.9 Å². The molecule has 0 unspecified atom stereocenters. The molecule has 8 heteroatoms. The molecule has 0 fully saturated rings. The zero-order valence-electron chi connectivity index (χ0n) is 12.1. The van der Waals surface area contributed by atoms with Gasteiger partial charge in [-0.25, -0.2) is 9.78 Å². The number of rotatable bonds is 4. The molecule has 20 heavy (non-hydrogen) atoms. The molecule has 0 radical (unpaired) electrons. The fourth-order valence-corrected chi connectivity index (χ4v) is 2.14. The van der Waals surface area contributed by atoms with E-state index in [1.807, 2.05) is 0 Å². The number of aromatic amines is 1. The molecule has 0 aliphatic carbocycles. The smallest absolute Gasteiger partial charge is 0.324 e. The van der Waals surface area contributed by atoms with Crippen LogP contribution in [0.3, 0.4) is 0 Å². The molecule has 0 aliphatic heterocycles. The highest BCUT2D eigenvalue weighted by Crippen LogP contribution is 2.10. The van der Waals surface area contributed by atoms with Gasteiger partial charge in [-0.15, -0.1) is 12.4 Å². The third kappa shape index (κ3) is 2.64. The van der Waals surface area contributed by atoms with Crippen molar-refractivity contribution in [3.63, 3.8) is 0 Å². The average molecular weight is 302 g/mol. The van der Waals surface area contributed by atoms with Crippen LogP contribution in [0.5, 0.6) is 0 Å². The molecule has 2 heterocycles. The molecule has 2 aromatic heterocycles. The fraction of sp³-hybridized carbons (Fsp3) is 0.583. The maximum Gasteiger partial charge on any atom is 0.329 e. The Morgan fingerprint density at radius 2 is 1.75 bits per heavy atom. The highest BCUT2D eigenvalue weighted by Gasteiger charge is 2.15. The first-order valence-electron chi connectivity index (χ1n) is 6.36. The third-order valence-corrected chi connectivity index (χ3v) is 3.49. The van der Waals surface area contributed by atoms with E-state index < -0.39 is 5.69 Å². The van der Waals surface area contributed by atoms with Gasteiger partial charge in [0.1, 0.15) is 5.82 Å². The van der Waals surface area contributed by atoms with E-state index in [2.05, 4.69) is 28.7 Å². The Kier molecular flexibility index (Phi) is 5.13. The largest absolute Gasteiger partial charge is 0.329 e. The number of fused-ring (bicyclic) bond motifs is 1. The third-order valence-electron chi connectivity index (χ3n) is 3.49. The molecule has 2 rings (SSSR count). The van der Waals surface area contributed by atoms with Gasteiger partial charge in [-0.3, -0.25) is 19.2 Å². The lowest BCUT2D eigenvalue weighted by atomic mass is 10.4. The van der Waals surface area contributed by atoms with Crippen molar-refractivity contribution in [1.82, 2.24) is 24.0 Å². The van der Waals surface area contributed by atoms with Crippen molar-refractivity contribution in [2.24, 2.45) is 14.1 Å². The minimum absolute atomic E-state index is 0. The van der Waals surface area contributed by atoms with Gasteiger partial charge < -0.3 is 4.57 Å². The van der Waals surface area contributed by atoms with Crippen LogP contribution in [0, 0.1) is 0 Å². The molecule has 7 nitrogen and oxygen atoms in total. The monoisotopic (exact) mass is 301 g/mol. The Morgan fingerprint density at radius 1 is 1.15 bits per heavy atom. The van der Waals surface area contributed by atoms with Crippen LogP contribution in [0.25, 0.3) is 11.2 Å². The predicted octanol–water partition coefficient (Wildman–Crippen LogP) is 0.224. The van der Waals surface area contributed by atoms with E-state index >= 15 is 0 Å². The molecule has 0 aromatic carbocycles. The number of H-pyrrole nitrogens is 1. The number of imidazole rings is 1. The van der Waals surface area contributed by atoms with Crippen LogP contribution in [0.1, 0.15) is 19.7 Å². The van der Waals surface area contributed by atoms with Crippen molar-refractivity contribution < 1.29 is 0 Å². The second-order valence-electron chi connectivity index (χ2n) is 4.54. The normalized spacial score (nSPS) is 11.1. The Labute approximate surface area is 122 Å². The Bertz CT molecular complexity index is 711. The van der Waals surface area contributed by atoms with Crippen molar-refractivity contribution in [2.75, 3.05) is 13.1 Å². The Hall–Kier alpha value is -1.60. The molecular formula is C12H20ClN5O2. The zero-order valence-corrected chi connectivity index (χ0v) is 13.0. The maximum atomic E-state index is 11.9. The van der Waals surface area contributed by atoms with Crippen molar-refractivity contribution in [1.29, 1.82) is 0 Å². The van der Waals surface area contributed by atoms with Crippen LogP contribution in [0.15, 0.2) is 9.59 Å². The molecule has 2 aromatic rings. The summed E-state index contributed by atoms with van der Waals surface area (Å²) in [5, 5.41) is 0. The van der Waals surface area contributed by atoms with Gasteiger partial charge in [-0.2, -0.15) is 0 Å². The summed E-state index contributed by atoms with van der Waals surface area (Å²) in [6.07, 6.45) is 0. The molecule has 1 N–H and O–H groups in total. The van der Waals surface area contributed by atoms with Gasteiger partial charge in [0.2, 0.25) is 0 Å². The lowest BCUT2D eigenvalue weighted by Crippen LogP contribution is -2.29. The molecule has 0 spiro atoms. The van der Waals surface area contributed by atoms with E-state index in [-0.39, 0.29) is 18.0 Å². The molecule has 0 bridgehead atoms. The highest BCUT2D eigenvalue weighted by molar-refractivity contribution is 5.85. The van der Waals surface area contributed by atoms with Crippen molar-refractivity contribution in [3.8, 4) is 0 Å². The molecule has 0 amide bonds. The van der Waals surface area contributed by atoms with Crippen LogP contribution < -0.4 is 11.2 Å². The first kappa shape index (κ1) is 16.5. The summed E-state index contributed by atoms with van der Waals surface area (Å²) in [6, 6.07) is 0. The van der Waals surface area contributed by atoms with E-state index in [0.29, 0.717) is 17.7 Å². The second kappa shape index (κ2) is 6.23. The molecule has 0 atom stereocenters. The van der Waals surface area contributed by atoms with Gasteiger partial charge in [-0.05, 0) is 13.1 Å². The summed E-state index contributed by atoms with van der Waals surface area (Å²) >= 11 is 0. The summed E-state index contributed by atoms with van der Waals surface area (Å²) in [5.74, 6) is 0.783. The topological polar surface area (TPSA) is 75.9 Å². The minimum atomic E-state index is -0.440. The van der Waals surface area contributed by atoms with Crippen molar-refractivity contribution in [2.45, 2.75) is 20.4 Å². The molecule has 0 saturated carbocycles. The van der Waals surface area contributed by atoms with Crippen LogP contribution in [0.4, 0.5) is 0 Å². The van der Waals surface area contributed by atoms with Gasteiger partial charge in [0.05, 0.1) is 6.54 Å². The summed E-state index contributed by atoms with van der Waals surface area (Å²) in [6.45, 7) is 6.64. The first-order valence-corrected chi connectivity index (χ1v) is 6.36. The van der Waals surface area contributed by atoms with Crippen LogP contribution >= 0.6 is 12.4 Å². The predicted molar refractivity (Wildman–Crippen MR) is 80.4 cm³/mol. The van der Waals surface area contributed by atoms with Crippen molar-refractivity contribution in [3.05, 3.63) is 26.7 Å². The number of aryl methyl sites for hydroxylation is 2. The number of nitrogens with one attached hydrogen (secondary N) is 1.